The van der Waals surface area contributed by atoms with Crippen LogP contribution in [0.3, 0.4) is 0 Å². The van der Waals surface area contributed by atoms with Crippen LogP contribution in [0, 0.1) is 21.8 Å². The molecule has 1 rings (SSSR count). The molecule has 0 spiro atoms. The van der Waals surface area contributed by atoms with Gasteiger partial charge in [0.05, 0.1) is 11.0 Å². The molecule has 0 heterocycles. The number of nitrogens with zero attached hydrogens (tertiary/aromatic N) is 1. The van der Waals surface area contributed by atoms with Gasteiger partial charge in [-0.1, -0.05) is 19.9 Å². The fourth-order valence-corrected chi connectivity index (χ4v) is 1.30. The maximum Gasteiger partial charge on any atom is 0.295 e. The number of carbonyl (C=O) groups is 1. The van der Waals surface area contributed by atoms with Crippen LogP contribution in [-0.2, 0) is 4.79 Å². The molecule has 0 aromatic heterocycles. The van der Waals surface area contributed by atoms with E-state index in [1.807, 2.05) is 0 Å². The van der Waals surface area contributed by atoms with E-state index >= 15 is 0 Å². The molecule has 6 nitrogen and oxygen atoms in total. The smallest absolute Gasteiger partial charge is 0.295 e. The highest BCUT2D eigenvalue weighted by molar-refractivity contribution is 5.96. The number of halogens is 1. The van der Waals surface area contributed by atoms with E-state index in [1.54, 1.807) is 13.8 Å². The molecule has 0 fully saturated rings. The van der Waals surface area contributed by atoms with Crippen LogP contribution in [0.5, 0.6) is 0 Å². The maximum absolute atomic E-state index is 13.5. The lowest BCUT2D eigenvalue weighted by atomic mass is 10.0. The molecule has 98 valence electrons. The number of benzene rings is 1. The van der Waals surface area contributed by atoms with Gasteiger partial charge in [-0.15, -0.1) is 0 Å². The first-order chi connectivity index (χ1) is 8.34. The van der Waals surface area contributed by atoms with Gasteiger partial charge in [0.25, 0.3) is 5.69 Å². The molecule has 7 heteroatoms. The Hall–Kier alpha value is -2.02. The van der Waals surface area contributed by atoms with E-state index in [0.29, 0.717) is 0 Å². The number of nitrogens with two attached hydrogens (primary N) is 1. The minimum absolute atomic E-state index is 0.157. The number of nitro benzene ring substituents is 1. The average Bonchev–Trinajstić information content (AvgIpc) is 2.30. The van der Waals surface area contributed by atoms with Gasteiger partial charge in [0.15, 0.2) is 11.5 Å². The zero-order chi connectivity index (χ0) is 13.9. The van der Waals surface area contributed by atoms with Crippen molar-refractivity contribution in [3.8, 4) is 0 Å². The molecule has 0 aliphatic heterocycles. The van der Waals surface area contributed by atoms with E-state index in [9.17, 15) is 19.3 Å². The van der Waals surface area contributed by atoms with E-state index in [-0.39, 0.29) is 5.92 Å². The Bertz CT molecular complexity index is 477. The molecule has 0 bridgehead atoms. The summed E-state index contributed by atoms with van der Waals surface area (Å²) in [6, 6.07) is 2.48. The number of nitrogens with one attached hydrogen (secondary N) is 1. The summed E-state index contributed by atoms with van der Waals surface area (Å²) in [5.41, 5.74) is 4.62. The molecule has 18 heavy (non-hydrogen) atoms. The molecule has 0 saturated carbocycles. The molecular formula is C11H14FN3O3. The highest BCUT2D eigenvalue weighted by Crippen LogP contribution is 2.27. The third-order valence-corrected chi connectivity index (χ3v) is 2.46. The van der Waals surface area contributed by atoms with Gasteiger partial charge in [0.1, 0.15) is 0 Å². The Balaban J connectivity index is 3.04. The van der Waals surface area contributed by atoms with E-state index in [0.717, 1.165) is 12.1 Å². The predicted molar refractivity (Wildman–Crippen MR) is 64.5 cm³/mol. The van der Waals surface area contributed by atoms with Crippen LogP contribution in [-0.4, -0.2) is 16.9 Å². The Morgan fingerprint density at radius 3 is 2.61 bits per heavy atom. The predicted octanol–water partition coefficient (Wildman–Crippen LogP) is 1.66. The first-order valence-corrected chi connectivity index (χ1v) is 5.34. The third kappa shape index (κ3) is 3.01. The van der Waals surface area contributed by atoms with Crippen molar-refractivity contribution in [2.24, 2.45) is 11.7 Å². The lowest BCUT2D eigenvalue weighted by molar-refractivity contribution is -0.384. The summed E-state index contributed by atoms with van der Waals surface area (Å²) >= 11 is 0. The summed E-state index contributed by atoms with van der Waals surface area (Å²) < 4.78 is 13.5. The topological polar surface area (TPSA) is 98.3 Å². The quantitative estimate of drug-likeness (QED) is 0.631. The second-order valence-corrected chi connectivity index (χ2v) is 4.15. The summed E-state index contributed by atoms with van der Waals surface area (Å²) in [7, 11) is 0. The van der Waals surface area contributed by atoms with E-state index < -0.39 is 34.1 Å². The number of anilines is 1. The largest absolute Gasteiger partial charge is 0.320 e. The molecule has 1 atom stereocenters. The molecule has 0 aliphatic carbocycles. The second-order valence-electron chi connectivity index (χ2n) is 4.15. The van der Waals surface area contributed by atoms with Gasteiger partial charge in [-0.2, -0.15) is 0 Å². The first-order valence-electron chi connectivity index (χ1n) is 5.34. The normalized spacial score (nSPS) is 12.3. The number of carbonyl (C=O) groups excluding carboxylic acids is 1. The zero-order valence-corrected chi connectivity index (χ0v) is 10.0. The molecular weight excluding hydrogens is 241 g/mol. The van der Waals surface area contributed by atoms with Crippen LogP contribution in [0.15, 0.2) is 18.2 Å². The van der Waals surface area contributed by atoms with Crippen molar-refractivity contribution in [2.75, 3.05) is 5.32 Å². The second kappa shape index (κ2) is 5.54. The molecule has 3 N–H and O–H groups in total. The Labute approximate surface area is 103 Å². The van der Waals surface area contributed by atoms with Crippen LogP contribution in [0.1, 0.15) is 13.8 Å². The Morgan fingerprint density at radius 1 is 1.50 bits per heavy atom. The van der Waals surface area contributed by atoms with Crippen molar-refractivity contribution in [1.29, 1.82) is 0 Å². The van der Waals surface area contributed by atoms with E-state index in [2.05, 4.69) is 5.32 Å². The molecule has 1 unspecified atom stereocenters. The zero-order valence-electron chi connectivity index (χ0n) is 10.0. The van der Waals surface area contributed by atoms with Crippen molar-refractivity contribution in [3.05, 3.63) is 34.1 Å². The highest BCUT2D eigenvalue weighted by atomic mass is 19.1. The molecule has 1 amide bonds. The van der Waals surface area contributed by atoms with Crippen molar-refractivity contribution >= 4 is 17.3 Å². The maximum atomic E-state index is 13.5. The fourth-order valence-electron chi connectivity index (χ4n) is 1.30. The highest BCUT2D eigenvalue weighted by Gasteiger charge is 2.23. The van der Waals surface area contributed by atoms with Crippen LogP contribution in [0.4, 0.5) is 15.8 Å². The van der Waals surface area contributed by atoms with Crippen LogP contribution in [0.2, 0.25) is 0 Å². The molecule has 0 aliphatic rings. The lowest BCUT2D eigenvalue weighted by Crippen LogP contribution is -2.40. The number of nitro groups is 1. The SMILES string of the molecule is CC(C)C(N)C(=O)Nc1c(F)cccc1[N+](=O)[O-]. The van der Waals surface area contributed by atoms with Crippen molar-refractivity contribution < 1.29 is 14.1 Å². The Kier molecular flexibility index (Phi) is 4.33. The molecule has 0 saturated heterocycles. The summed E-state index contributed by atoms with van der Waals surface area (Å²) in [4.78, 5) is 21.6. The van der Waals surface area contributed by atoms with E-state index in [4.69, 9.17) is 5.73 Å². The third-order valence-electron chi connectivity index (χ3n) is 2.46. The van der Waals surface area contributed by atoms with E-state index in [1.165, 1.54) is 6.07 Å². The molecule has 0 radical (unpaired) electrons. The van der Waals surface area contributed by atoms with Gasteiger partial charge < -0.3 is 11.1 Å². The van der Waals surface area contributed by atoms with Crippen LogP contribution >= 0.6 is 0 Å². The van der Waals surface area contributed by atoms with Gasteiger partial charge in [0.2, 0.25) is 5.91 Å². The molecule has 1 aromatic carbocycles. The number of amides is 1. The summed E-state index contributed by atoms with van der Waals surface area (Å²) in [5, 5.41) is 12.9. The van der Waals surface area contributed by atoms with Crippen molar-refractivity contribution in [1.82, 2.24) is 0 Å². The standard InChI is InChI=1S/C11H14FN3O3/c1-6(2)9(13)11(16)14-10-7(12)4-3-5-8(10)15(17)18/h3-6,9H,13H2,1-2H3,(H,14,16). The number of para-hydroxylation sites is 1. The van der Waals surface area contributed by atoms with Gasteiger partial charge in [-0.3, -0.25) is 14.9 Å². The molecule has 1 aromatic rings. The van der Waals surface area contributed by atoms with Gasteiger partial charge in [-0.25, -0.2) is 4.39 Å². The Morgan fingerprint density at radius 2 is 2.11 bits per heavy atom. The summed E-state index contributed by atoms with van der Waals surface area (Å²) in [6.07, 6.45) is 0. The number of hydrogen-bond acceptors (Lipinski definition) is 4. The van der Waals surface area contributed by atoms with Gasteiger partial charge in [-0.05, 0) is 12.0 Å². The summed E-state index contributed by atoms with van der Waals surface area (Å²) in [6.45, 7) is 3.44. The van der Waals surface area contributed by atoms with Gasteiger partial charge >= 0.3 is 0 Å². The average molecular weight is 255 g/mol. The minimum Gasteiger partial charge on any atom is -0.320 e. The number of hydrogen-bond donors (Lipinski definition) is 2. The van der Waals surface area contributed by atoms with Crippen LogP contribution in [0.25, 0.3) is 0 Å². The van der Waals surface area contributed by atoms with Crippen molar-refractivity contribution in [3.63, 3.8) is 0 Å². The van der Waals surface area contributed by atoms with Gasteiger partial charge in [0, 0.05) is 6.07 Å². The fraction of sp³-hybridized carbons (Fsp3) is 0.364. The summed E-state index contributed by atoms with van der Waals surface area (Å²) in [5.74, 6) is -1.68. The first kappa shape index (κ1) is 14.0. The van der Waals surface area contributed by atoms with Crippen molar-refractivity contribution in [2.45, 2.75) is 19.9 Å². The van der Waals surface area contributed by atoms with Crippen LogP contribution < -0.4 is 11.1 Å². The number of rotatable bonds is 4. The lowest BCUT2D eigenvalue weighted by Gasteiger charge is -2.15. The monoisotopic (exact) mass is 255 g/mol. The minimum atomic E-state index is -0.867.